The minimum absolute atomic E-state index is 0.150. The molecule has 0 bridgehead atoms. The molecule has 0 heterocycles. The van der Waals surface area contributed by atoms with Crippen molar-refractivity contribution in [3.63, 3.8) is 0 Å². The number of sulfone groups is 1. The molecule has 0 aliphatic heterocycles. The van der Waals surface area contributed by atoms with Gasteiger partial charge >= 0.3 is 5.97 Å². The maximum Gasteiger partial charge on any atom is 0.328 e. The highest BCUT2D eigenvalue weighted by atomic mass is 32.2. The van der Waals surface area contributed by atoms with E-state index in [1.807, 2.05) is 31.2 Å². The van der Waals surface area contributed by atoms with Gasteiger partial charge in [0, 0.05) is 5.92 Å². The topological polar surface area (TPSA) is 86.5 Å². The van der Waals surface area contributed by atoms with E-state index in [4.69, 9.17) is 10.5 Å². The van der Waals surface area contributed by atoms with Crippen molar-refractivity contribution in [1.82, 2.24) is 0 Å². The van der Waals surface area contributed by atoms with Gasteiger partial charge in [-0.05, 0) is 36.6 Å². The van der Waals surface area contributed by atoms with Crippen molar-refractivity contribution in [1.29, 1.82) is 0 Å². The number of nitrogens with two attached hydrogens (primary N) is 1. The van der Waals surface area contributed by atoms with Crippen molar-refractivity contribution in [2.45, 2.75) is 41.9 Å². The Morgan fingerprint density at radius 1 is 1.08 bits per heavy atom. The number of carbonyl (C=O) groups is 1. The highest BCUT2D eigenvalue weighted by Crippen LogP contribution is 2.56. The molecule has 1 aliphatic rings. The van der Waals surface area contributed by atoms with Gasteiger partial charge in [-0.2, -0.15) is 0 Å². The smallest absolute Gasteiger partial charge is 0.328 e. The monoisotopic (exact) mass is 373 g/mol. The van der Waals surface area contributed by atoms with Crippen molar-refractivity contribution in [3.8, 4) is 0 Å². The Bertz CT molecular complexity index is 893. The molecule has 2 aromatic rings. The molecular formula is C20H23NO4S. The summed E-state index contributed by atoms with van der Waals surface area (Å²) in [5.41, 5.74) is 6.64. The second-order valence-corrected chi connectivity index (χ2v) is 8.57. The van der Waals surface area contributed by atoms with Crippen LogP contribution in [0.4, 0.5) is 0 Å². The molecule has 5 nitrogen and oxygen atoms in total. The normalized spacial score (nSPS) is 24.9. The summed E-state index contributed by atoms with van der Waals surface area (Å²) in [6.07, 6.45) is 0.877. The van der Waals surface area contributed by atoms with E-state index in [0.717, 1.165) is 17.5 Å². The number of ether oxygens (including phenoxy) is 1. The van der Waals surface area contributed by atoms with Gasteiger partial charge in [-0.3, -0.25) is 0 Å². The van der Waals surface area contributed by atoms with Crippen molar-refractivity contribution in [2.75, 3.05) is 6.61 Å². The lowest BCUT2D eigenvalue weighted by Gasteiger charge is -2.11. The predicted molar refractivity (Wildman–Crippen MR) is 99.5 cm³/mol. The number of benzene rings is 2. The molecule has 138 valence electrons. The summed E-state index contributed by atoms with van der Waals surface area (Å²) in [6, 6.07) is 15.7. The molecule has 6 heteroatoms. The van der Waals surface area contributed by atoms with Gasteiger partial charge in [0.15, 0.2) is 9.84 Å². The Morgan fingerprint density at radius 2 is 1.69 bits per heavy atom. The summed E-state index contributed by atoms with van der Waals surface area (Å²) in [6.45, 7) is 3.87. The molecule has 0 spiro atoms. The number of carbonyl (C=O) groups excluding carboxylic acids is 1. The van der Waals surface area contributed by atoms with Crippen LogP contribution in [0.2, 0.25) is 0 Å². The number of hydrogen-bond acceptors (Lipinski definition) is 5. The molecule has 2 aromatic carbocycles. The Labute approximate surface area is 154 Å². The highest BCUT2D eigenvalue weighted by Gasteiger charge is 2.74. The lowest BCUT2D eigenvalue weighted by molar-refractivity contribution is -0.145. The van der Waals surface area contributed by atoms with Gasteiger partial charge in [-0.1, -0.05) is 49.4 Å². The predicted octanol–water partition coefficient (Wildman–Crippen LogP) is 2.45. The zero-order valence-corrected chi connectivity index (χ0v) is 15.7. The Kier molecular flexibility index (Phi) is 4.90. The standard InChI is InChI=1S/C20H23NO4S/c1-3-14-10-12-15(13-11-14)17-18(20(17,21)19(22)25-4-2)26(23,24)16-8-6-5-7-9-16/h5-13,17-18H,3-4,21H2,1-2H3/t17-,18-,20-/m0/s1. The van der Waals surface area contributed by atoms with Crippen LogP contribution in [0.15, 0.2) is 59.5 Å². The number of hydrogen-bond donors (Lipinski definition) is 1. The lowest BCUT2D eigenvalue weighted by Crippen LogP contribution is -2.41. The Balaban J connectivity index is 2.04. The lowest BCUT2D eigenvalue weighted by atomic mass is 10.0. The van der Waals surface area contributed by atoms with Crippen LogP contribution in [0.25, 0.3) is 0 Å². The largest absolute Gasteiger partial charge is 0.465 e. The molecule has 3 atom stereocenters. The summed E-state index contributed by atoms with van der Waals surface area (Å²) >= 11 is 0. The molecule has 3 rings (SSSR count). The van der Waals surface area contributed by atoms with E-state index in [1.165, 1.54) is 12.1 Å². The second kappa shape index (κ2) is 6.85. The third-order valence-electron chi connectivity index (χ3n) is 4.96. The minimum atomic E-state index is -3.78. The molecule has 0 aromatic heterocycles. The third-order valence-corrected chi connectivity index (χ3v) is 7.22. The fourth-order valence-electron chi connectivity index (χ4n) is 3.48. The number of aryl methyl sites for hydroxylation is 1. The maximum atomic E-state index is 13.1. The van der Waals surface area contributed by atoms with Gasteiger partial charge in [0.05, 0.1) is 11.5 Å². The fraction of sp³-hybridized carbons (Fsp3) is 0.350. The SMILES string of the molecule is CCOC(=O)[C@]1(N)[C@@H](c2ccc(CC)cc2)[C@@H]1S(=O)(=O)c1ccccc1. The van der Waals surface area contributed by atoms with Crippen molar-refractivity contribution in [2.24, 2.45) is 5.73 Å². The maximum absolute atomic E-state index is 13.1. The zero-order chi connectivity index (χ0) is 18.9. The molecule has 0 unspecified atom stereocenters. The average Bonchev–Trinajstić information content (AvgIpc) is 3.31. The van der Waals surface area contributed by atoms with E-state index >= 15 is 0 Å². The van der Waals surface area contributed by atoms with E-state index < -0.39 is 32.5 Å². The van der Waals surface area contributed by atoms with E-state index in [2.05, 4.69) is 0 Å². The van der Waals surface area contributed by atoms with Gasteiger partial charge in [-0.25, -0.2) is 13.2 Å². The van der Waals surface area contributed by atoms with Crippen LogP contribution in [0, 0.1) is 0 Å². The first-order chi connectivity index (χ1) is 12.4. The van der Waals surface area contributed by atoms with E-state index in [-0.39, 0.29) is 11.5 Å². The quantitative estimate of drug-likeness (QED) is 0.786. The van der Waals surface area contributed by atoms with Gasteiger partial charge in [0.25, 0.3) is 0 Å². The fourth-order valence-corrected chi connectivity index (χ4v) is 5.73. The minimum Gasteiger partial charge on any atom is -0.465 e. The van der Waals surface area contributed by atoms with Crippen LogP contribution in [-0.2, 0) is 25.8 Å². The van der Waals surface area contributed by atoms with Crippen LogP contribution < -0.4 is 5.73 Å². The molecule has 1 fully saturated rings. The Hall–Kier alpha value is -2.18. The molecule has 0 radical (unpaired) electrons. The van der Waals surface area contributed by atoms with Crippen molar-refractivity contribution < 1.29 is 17.9 Å². The molecule has 1 saturated carbocycles. The summed E-state index contributed by atoms with van der Waals surface area (Å²) in [4.78, 5) is 12.7. The molecule has 26 heavy (non-hydrogen) atoms. The third kappa shape index (κ3) is 2.93. The average molecular weight is 373 g/mol. The van der Waals surface area contributed by atoms with Gasteiger partial charge < -0.3 is 10.5 Å². The molecule has 2 N–H and O–H groups in total. The van der Waals surface area contributed by atoms with Crippen LogP contribution in [0.1, 0.15) is 30.9 Å². The molecule has 1 aliphatic carbocycles. The molecular weight excluding hydrogens is 350 g/mol. The van der Waals surface area contributed by atoms with Crippen molar-refractivity contribution >= 4 is 15.8 Å². The Morgan fingerprint density at radius 3 is 2.23 bits per heavy atom. The van der Waals surface area contributed by atoms with Gasteiger partial charge in [-0.15, -0.1) is 0 Å². The first kappa shape index (κ1) is 18.6. The highest BCUT2D eigenvalue weighted by molar-refractivity contribution is 7.92. The molecule has 0 saturated heterocycles. The summed E-state index contributed by atoms with van der Waals surface area (Å²) in [7, 11) is -3.78. The summed E-state index contributed by atoms with van der Waals surface area (Å²) < 4.78 is 31.4. The van der Waals surface area contributed by atoms with E-state index in [1.54, 1.807) is 25.1 Å². The van der Waals surface area contributed by atoms with Gasteiger partial charge in [0.1, 0.15) is 10.8 Å². The zero-order valence-electron chi connectivity index (χ0n) is 14.9. The van der Waals surface area contributed by atoms with Crippen LogP contribution in [0.3, 0.4) is 0 Å². The van der Waals surface area contributed by atoms with E-state index in [9.17, 15) is 13.2 Å². The second-order valence-electron chi connectivity index (χ2n) is 6.50. The summed E-state index contributed by atoms with van der Waals surface area (Å²) in [5, 5.41) is -1.04. The van der Waals surface area contributed by atoms with Crippen LogP contribution in [-0.4, -0.2) is 31.8 Å². The number of rotatable bonds is 6. The van der Waals surface area contributed by atoms with Crippen LogP contribution >= 0.6 is 0 Å². The first-order valence-electron chi connectivity index (χ1n) is 8.71. The van der Waals surface area contributed by atoms with Gasteiger partial charge in [0.2, 0.25) is 0 Å². The van der Waals surface area contributed by atoms with Crippen molar-refractivity contribution in [3.05, 3.63) is 65.7 Å². The molecule has 0 amide bonds. The van der Waals surface area contributed by atoms with Crippen LogP contribution in [0.5, 0.6) is 0 Å². The number of esters is 1. The first-order valence-corrected chi connectivity index (χ1v) is 10.3. The summed E-state index contributed by atoms with van der Waals surface area (Å²) in [5.74, 6) is -1.30. The van der Waals surface area contributed by atoms with E-state index in [0.29, 0.717) is 0 Å².